The van der Waals surface area contributed by atoms with E-state index in [2.05, 4.69) is 146 Å². The van der Waals surface area contributed by atoms with E-state index >= 15 is 0 Å². The fourth-order valence-electron chi connectivity index (χ4n) is 5.93. The smallest absolute Gasteiger partial charge is 0.0546 e. The van der Waals surface area contributed by atoms with Crippen molar-refractivity contribution in [3.05, 3.63) is 139 Å². The SMILES string of the molecule is Cc1cc(C)cc(N(c2cc3ccccc3c3ccccc23)c2cc3ccccc3c3ccccc23)c1. The summed E-state index contributed by atoms with van der Waals surface area (Å²) in [7, 11) is 0. The largest absolute Gasteiger partial charge is 0.309 e. The molecule has 7 aromatic rings. The molecular formula is C36H27N. The highest BCUT2D eigenvalue weighted by atomic mass is 15.1. The first-order chi connectivity index (χ1) is 18.2. The van der Waals surface area contributed by atoms with E-state index in [1.54, 1.807) is 0 Å². The Morgan fingerprint density at radius 2 is 0.757 bits per heavy atom. The zero-order chi connectivity index (χ0) is 24.9. The first-order valence-corrected chi connectivity index (χ1v) is 12.9. The summed E-state index contributed by atoms with van der Waals surface area (Å²) in [5.74, 6) is 0. The molecule has 7 aromatic carbocycles. The Labute approximate surface area is 217 Å². The Morgan fingerprint density at radius 3 is 1.22 bits per heavy atom. The summed E-state index contributed by atoms with van der Waals surface area (Å²) < 4.78 is 0. The Morgan fingerprint density at radius 1 is 0.378 bits per heavy atom. The average Bonchev–Trinajstić information content (AvgIpc) is 2.93. The van der Waals surface area contributed by atoms with Gasteiger partial charge in [-0.3, -0.25) is 0 Å². The fourth-order valence-corrected chi connectivity index (χ4v) is 5.93. The summed E-state index contributed by atoms with van der Waals surface area (Å²) in [6, 6.07) is 46.6. The van der Waals surface area contributed by atoms with Gasteiger partial charge in [0.2, 0.25) is 0 Å². The minimum atomic E-state index is 1.18. The van der Waals surface area contributed by atoms with E-state index in [1.807, 2.05) is 0 Å². The Bertz CT molecular complexity index is 1830. The number of rotatable bonds is 3. The second-order valence-electron chi connectivity index (χ2n) is 10.0. The zero-order valence-corrected chi connectivity index (χ0v) is 21.1. The molecule has 0 spiro atoms. The van der Waals surface area contributed by atoms with Crippen molar-refractivity contribution in [2.24, 2.45) is 0 Å². The molecule has 0 saturated carbocycles. The topological polar surface area (TPSA) is 3.24 Å². The zero-order valence-electron chi connectivity index (χ0n) is 21.1. The maximum absolute atomic E-state index is 2.48. The molecule has 176 valence electrons. The summed E-state index contributed by atoms with van der Waals surface area (Å²) in [4.78, 5) is 2.48. The number of benzene rings is 7. The first-order valence-electron chi connectivity index (χ1n) is 12.9. The minimum absolute atomic E-state index is 1.18. The summed E-state index contributed by atoms with van der Waals surface area (Å²) in [5.41, 5.74) is 6.09. The van der Waals surface area contributed by atoms with Gasteiger partial charge in [0.15, 0.2) is 0 Å². The highest BCUT2D eigenvalue weighted by molar-refractivity contribution is 6.18. The average molecular weight is 474 g/mol. The van der Waals surface area contributed by atoms with Gasteiger partial charge < -0.3 is 4.90 Å². The molecule has 0 N–H and O–H groups in total. The van der Waals surface area contributed by atoms with Crippen LogP contribution in [0, 0.1) is 13.8 Å². The van der Waals surface area contributed by atoms with Crippen LogP contribution >= 0.6 is 0 Å². The van der Waals surface area contributed by atoms with Crippen molar-refractivity contribution in [3.63, 3.8) is 0 Å². The van der Waals surface area contributed by atoms with E-state index in [9.17, 15) is 0 Å². The molecule has 0 aromatic heterocycles. The van der Waals surface area contributed by atoms with E-state index in [1.165, 1.54) is 71.3 Å². The van der Waals surface area contributed by atoms with Crippen LogP contribution in [-0.4, -0.2) is 0 Å². The van der Waals surface area contributed by atoms with Crippen LogP contribution in [-0.2, 0) is 0 Å². The molecular weight excluding hydrogens is 446 g/mol. The maximum atomic E-state index is 2.48. The van der Waals surface area contributed by atoms with E-state index in [-0.39, 0.29) is 0 Å². The fraction of sp³-hybridized carbons (Fsp3) is 0.0556. The van der Waals surface area contributed by atoms with Crippen LogP contribution in [0.5, 0.6) is 0 Å². The van der Waals surface area contributed by atoms with Crippen molar-refractivity contribution in [2.45, 2.75) is 13.8 Å². The molecule has 0 aliphatic carbocycles. The molecule has 0 aliphatic rings. The van der Waals surface area contributed by atoms with Crippen LogP contribution in [0.1, 0.15) is 11.1 Å². The third kappa shape index (κ3) is 3.55. The first kappa shape index (κ1) is 21.6. The standard InChI is InChI=1S/C36H27N/c1-24-19-25(2)21-28(20-24)37(35-22-26-11-3-5-13-29(26)31-15-7-9-17-33(31)35)36-23-27-12-4-6-14-30(27)32-16-8-10-18-34(32)36/h3-23H,1-2H3. The third-order valence-corrected chi connectivity index (χ3v) is 7.44. The second kappa shape index (κ2) is 8.50. The molecule has 1 nitrogen and oxygen atoms in total. The molecule has 0 bridgehead atoms. The van der Waals surface area contributed by atoms with Gasteiger partial charge in [-0.25, -0.2) is 0 Å². The summed E-state index contributed by atoms with van der Waals surface area (Å²) in [6.07, 6.45) is 0. The third-order valence-electron chi connectivity index (χ3n) is 7.44. The van der Waals surface area contributed by atoms with Gasteiger partial charge in [-0.2, -0.15) is 0 Å². The number of aryl methyl sites for hydroxylation is 2. The highest BCUT2D eigenvalue weighted by Crippen LogP contribution is 2.46. The Balaban J connectivity index is 1.66. The minimum Gasteiger partial charge on any atom is -0.309 e. The van der Waals surface area contributed by atoms with Crippen molar-refractivity contribution in [2.75, 3.05) is 4.90 Å². The van der Waals surface area contributed by atoms with Crippen molar-refractivity contribution in [3.8, 4) is 0 Å². The molecule has 0 aliphatic heterocycles. The molecule has 0 atom stereocenters. The maximum Gasteiger partial charge on any atom is 0.0546 e. The van der Waals surface area contributed by atoms with E-state index in [0.717, 1.165) is 0 Å². The Hall–Kier alpha value is -4.62. The molecule has 37 heavy (non-hydrogen) atoms. The van der Waals surface area contributed by atoms with Gasteiger partial charge in [0.25, 0.3) is 0 Å². The van der Waals surface area contributed by atoms with E-state index < -0.39 is 0 Å². The Kier molecular flexibility index (Phi) is 4.97. The number of fused-ring (bicyclic) bond motifs is 6. The molecule has 1 heteroatoms. The van der Waals surface area contributed by atoms with Crippen LogP contribution < -0.4 is 4.90 Å². The predicted molar refractivity (Wildman–Crippen MR) is 161 cm³/mol. The number of hydrogen-bond acceptors (Lipinski definition) is 1. The normalized spacial score (nSPS) is 11.5. The van der Waals surface area contributed by atoms with Gasteiger partial charge in [-0.05, 0) is 81.6 Å². The quantitative estimate of drug-likeness (QED) is 0.231. The lowest BCUT2D eigenvalue weighted by atomic mass is 9.96. The van der Waals surface area contributed by atoms with Crippen molar-refractivity contribution < 1.29 is 0 Å². The van der Waals surface area contributed by atoms with Crippen LogP contribution in [0.15, 0.2) is 127 Å². The molecule has 0 saturated heterocycles. The summed E-state index contributed by atoms with van der Waals surface area (Å²) in [5, 5.41) is 10.1. The van der Waals surface area contributed by atoms with Gasteiger partial charge in [0.1, 0.15) is 0 Å². The molecule has 0 amide bonds. The lowest BCUT2D eigenvalue weighted by Gasteiger charge is -2.30. The van der Waals surface area contributed by atoms with Crippen molar-refractivity contribution >= 4 is 60.2 Å². The number of hydrogen-bond donors (Lipinski definition) is 0. The van der Waals surface area contributed by atoms with Crippen molar-refractivity contribution in [1.29, 1.82) is 0 Å². The molecule has 0 radical (unpaired) electrons. The van der Waals surface area contributed by atoms with Crippen molar-refractivity contribution in [1.82, 2.24) is 0 Å². The summed E-state index contributed by atoms with van der Waals surface area (Å²) >= 11 is 0. The van der Waals surface area contributed by atoms with Crippen LogP contribution in [0.2, 0.25) is 0 Å². The van der Waals surface area contributed by atoms with Gasteiger partial charge in [-0.1, -0.05) is 103 Å². The number of nitrogens with zero attached hydrogens (tertiary/aromatic N) is 1. The highest BCUT2D eigenvalue weighted by Gasteiger charge is 2.20. The van der Waals surface area contributed by atoms with Gasteiger partial charge in [0.05, 0.1) is 11.4 Å². The molecule has 0 unspecified atom stereocenters. The van der Waals surface area contributed by atoms with Gasteiger partial charge in [0, 0.05) is 16.5 Å². The lowest BCUT2D eigenvalue weighted by molar-refractivity contribution is 1.28. The predicted octanol–water partition coefficient (Wildman–Crippen LogP) is 10.4. The summed E-state index contributed by atoms with van der Waals surface area (Å²) in [6.45, 7) is 4.37. The van der Waals surface area contributed by atoms with Gasteiger partial charge in [-0.15, -0.1) is 0 Å². The molecule has 0 fully saturated rings. The molecule has 7 rings (SSSR count). The molecule has 0 heterocycles. The van der Waals surface area contributed by atoms with E-state index in [0.29, 0.717) is 0 Å². The lowest BCUT2D eigenvalue weighted by Crippen LogP contribution is -2.12. The van der Waals surface area contributed by atoms with Gasteiger partial charge >= 0.3 is 0 Å². The second-order valence-corrected chi connectivity index (χ2v) is 10.0. The monoisotopic (exact) mass is 473 g/mol. The van der Waals surface area contributed by atoms with Crippen LogP contribution in [0.25, 0.3) is 43.1 Å². The van der Waals surface area contributed by atoms with Crippen LogP contribution in [0.4, 0.5) is 17.1 Å². The van der Waals surface area contributed by atoms with E-state index in [4.69, 9.17) is 0 Å². The van der Waals surface area contributed by atoms with Crippen LogP contribution in [0.3, 0.4) is 0 Å². The number of anilines is 3.